The normalized spacial score (nSPS) is 11.1. The average Bonchev–Trinajstić information content (AvgIpc) is 2.79. The smallest absolute Gasteiger partial charge is 0.261 e. The molecule has 0 saturated heterocycles. The second kappa shape index (κ2) is 4.82. The van der Waals surface area contributed by atoms with E-state index in [4.69, 9.17) is 0 Å². The molecule has 4 nitrogen and oxygen atoms in total. The fourth-order valence-electron chi connectivity index (χ4n) is 1.78. The molecule has 0 aliphatic heterocycles. The molecule has 19 heavy (non-hydrogen) atoms. The molecule has 0 N–H and O–H groups in total. The predicted molar refractivity (Wildman–Crippen MR) is 74.9 cm³/mol. The Balaban J connectivity index is 2.14. The van der Waals surface area contributed by atoms with Gasteiger partial charge in [0, 0.05) is 0 Å². The molecule has 0 radical (unpaired) electrons. The molecule has 0 aliphatic carbocycles. The summed E-state index contributed by atoms with van der Waals surface area (Å²) >= 11 is 4.66. The van der Waals surface area contributed by atoms with E-state index in [1.807, 2.05) is 0 Å². The molecule has 0 aliphatic rings. The first-order chi connectivity index (χ1) is 9.16. The Hall–Kier alpha value is -1.60. The van der Waals surface area contributed by atoms with Crippen molar-refractivity contribution in [2.75, 3.05) is 0 Å². The van der Waals surface area contributed by atoms with E-state index in [0.717, 1.165) is 9.35 Å². The minimum Gasteiger partial charge on any atom is -0.293 e. The first-order valence-corrected chi connectivity index (χ1v) is 6.96. The van der Waals surface area contributed by atoms with E-state index in [9.17, 15) is 9.18 Å². The molecule has 0 atom stereocenters. The quantitative estimate of drug-likeness (QED) is 0.721. The molecule has 0 spiro atoms. The Bertz CT molecular complexity index is 814. The van der Waals surface area contributed by atoms with E-state index in [1.54, 1.807) is 12.3 Å². The number of para-hydroxylation sites is 1. The molecule has 0 unspecified atom stereocenters. The molecular weight excluding hydrogens is 333 g/mol. The van der Waals surface area contributed by atoms with Crippen LogP contribution in [0.3, 0.4) is 0 Å². The van der Waals surface area contributed by atoms with Crippen molar-refractivity contribution in [3.8, 4) is 0 Å². The number of aromatic nitrogens is 3. The number of nitrogens with zero attached hydrogens (tertiary/aromatic N) is 3. The van der Waals surface area contributed by atoms with Crippen molar-refractivity contribution in [2.45, 2.75) is 6.54 Å². The maximum absolute atomic E-state index is 13.5. The van der Waals surface area contributed by atoms with Crippen LogP contribution in [0.4, 0.5) is 4.39 Å². The molecule has 0 amide bonds. The van der Waals surface area contributed by atoms with Crippen LogP contribution in [0.2, 0.25) is 0 Å². The Kier molecular flexibility index (Phi) is 3.16. The summed E-state index contributed by atoms with van der Waals surface area (Å²) < 4.78 is 19.8. The lowest BCUT2D eigenvalue weighted by Gasteiger charge is -2.05. The molecule has 3 aromatic rings. The van der Waals surface area contributed by atoms with Gasteiger partial charge in [-0.1, -0.05) is 6.07 Å². The highest BCUT2D eigenvalue weighted by atomic mass is 79.9. The molecule has 96 valence electrons. The summed E-state index contributed by atoms with van der Waals surface area (Å²) in [5, 5.41) is 0.281. The number of fused-ring (bicyclic) bond motifs is 1. The summed E-state index contributed by atoms with van der Waals surface area (Å²) in [7, 11) is 0. The van der Waals surface area contributed by atoms with Crippen molar-refractivity contribution in [1.82, 2.24) is 13.9 Å². The topological polar surface area (TPSA) is 47.8 Å². The monoisotopic (exact) mass is 339 g/mol. The molecule has 7 heteroatoms. The fraction of sp³-hybridized carbons (Fsp3) is 0.0833. The maximum Gasteiger partial charge on any atom is 0.261 e. The van der Waals surface area contributed by atoms with E-state index >= 15 is 0 Å². The first kappa shape index (κ1) is 12.4. The Morgan fingerprint density at radius 2 is 2.26 bits per heavy atom. The lowest BCUT2D eigenvalue weighted by molar-refractivity contribution is 0.634. The third-order valence-electron chi connectivity index (χ3n) is 2.71. The van der Waals surface area contributed by atoms with E-state index in [1.165, 1.54) is 34.6 Å². The van der Waals surface area contributed by atoms with Gasteiger partial charge in [-0.3, -0.25) is 9.36 Å². The van der Waals surface area contributed by atoms with E-state index in [0.29, 0.717) is 6.54 Å². The zero-order chi connectivity index (χ0) is 13.4. The predicted octanol–water partition coefficient (Wildman–Crippen LogP) is 2.80. The zero-order valence-corrected chi connectivity index (χ0v) is 11.9. The molecular formula is C12H7BrFN3OS. The standard InChI is InChI=1S/C12H7BrFN3OS/c13-8-4-16-19-10(8)5-17-6-15-11-7(12(17)18)2-1-3-9(11)14/h1-4,6H,5H2. The minimum absolute atomic E-state index is 0.104. The van der Waals surface area contributed by atoms with Gasteiger partial charge in [0.2, 0.25) is 0 Å². The average molecular weight is 340 g/mol. The molecule has 3 rings (SSSR count). The van der Waals surface area contributed by atoms with Crippen molar-refractivity contribution in [3.63, 3.8) is 0 Å². The summed E-state index contributed by atoms with van der Waals surface area (Å²) in [4.78, 5) is 17.2. The SMILES string of the molecule is O=c1c2cccc(F)c2ncn1Cc1sncc1Br. The summed E-state index contributed by atoms with van der Waals surface area (Å²) in [5.41, 5.74) is -0.156. The highest BCUT2D eigenvalue weighted by Crippen LogP contribution is 2.20. The van der Waals surface area contributed by atoms with Gasteiger partial charge in [-0.2, -0.15) is 4.37 Å². The number of benzene rings is 1. The molecule has 2 heterocycles. The van der Waals surface area contributed by atoms with Crippen LogP contribution in [0.15, 0.2) is 40.0 Å². The molecule has 1 aromatic carbocycles. The Labute approximate surface area is 119 Å². The van der Waals surface area contributed by atoms with Gasteiger partial charge in [-0.05, 0) is 39.6 Å². The van der Waals surface area contributed by atoms with Crippen molar-refractivity contribution >= 4 is 38.4 Å². The van der Waals surface area contributed by atoms with Crippen molar-refractivity contribution in [3.05, 3.63) is 56.2 Å². The van der Waals surface area contributed by atoms with Gasteiger partial charge >= 0.3 is 0 Å². The van der Waals surface area contributed by atoms with Gasteiger partial charge in [0.15, 0.2) is 0 Å². The van der Waals surface area contributed by atoms with E-state index < -0.39 is 5.82 Å². The van der Waals surface area contributed by atoms with Gasteiger partial charge < -0.3 is 0 Å². The van der Waals surface area contributed by atoms with Crippen LogP contribution < -0.4 is 5.56 Å². The maximum atomic E-state index is 13.5. The number of halogens is 2. The lowest BCUT2D eigenvalue weighted by atomic mass is 10.2. The van der Waals surface area contributed by atoms with Crippen LogP contribution >= 0.6 is 27.5 Å². The number of hydrogen-bond donors (Lipinski definition) is 0. The third kappa shape index (κ3) is 2.19. The third-order valence-corrected chi connectivity index (χ3v) is 4.44. The zero-order valence-electron chi connectivity index (χ0n) is 9.51. The van der Waals surface area contributed by atoms with Crippen molar-refractivity contribution in [2.24, 2.45) is 0 Å². The second-order valence-electron chi connectivity index (χ2n) is 3.91. The van der Waals surface area contributed by atoms with Gasteiger partial charge in [0.05, 0.1) is 33.8 Å². The lowest BCUT2D eigenvalue weighted by Crippen LogP contribution is -2.21. The van der Waals surface area contributed by atoms with Gasteiger partial charge in [0.25, 0.3) is 5.56 Å². The van der Waals surface area contributed by atoms with E-state index in [2.05, 4.69) is 25.3 Å². The first-order valence-electron chi connectivity index (χ1n) is 5.39. The Morgan fingerprint density at radius 3 is 3.00 bits per heavy atom. The Morgan fingerprint density at radius 1 is 1.42 bits per heavy atom. The molecule has 0 bridgehead atoms. The summed E-state index contributed by atoms with van der Waals surface area (Å²) in [6.07, 6.45) is 3.04. The number of rotatable bonds is 2. The van der Waals surface area contributed by atoms with Crippen LogP contribution in [0.25, 0.3) is 10.9 Å². The van der Waals surface area contributed by atoms with Crippen LogP contribution in [0, 0.1) is 5.82 Å². The van der Waals surface area contributed by atoms with Crippen LogP contribution in [0.5, 0.6) is 0 Å². The fourth-order valence-corrected chi connectivity index (χ4v) is 2.98. The molecule has 0 saturated carbocycles. The van der Waals surface area contributed by atoms with Crippen LogP contribution in [0.1, 0.15) is 4.88 Å². The van der Waals surface area contributed by atoms with Crippen LogP contribution in [-0.4, -0.2) is 13.9 Å². The van der Waals surface area contributed by atoms with E-state index in [-0.39, 0.29) is 16.5 Å². The van der Waals surface area contributed by atoms with Crippen molar-refractivity contribution < 1.29 is 4.39 Å². The molecule has 2 aromatic heterocycles. The summed E-state index contributed by atoms with van der Waals surface area (Å²) in [5.74, 6) is -0.485. The van der Waals surface area contributed by atoms with Gasteiger partial charge in [-0.25, -0.2) is 9.37 Å². The van der Waals surface area contributed by atoms with Crippen LogP contribution in [-0.2, 0) is 6.54 Å². The highest BCUT2D eigenvalue weighted by Gasteiger charge is 2.10. The van der Waals surface area contributed by atoms with Gasteiger partial charge in [-0.15, -0.1) is 0 Å². The minimum atomic E-state index is -0.485. The van der Waals surface area contributed by atoms with Crippen molar-refractivity contribution in [1.29, 1.82) is 0 Å². The highest BCUT2D eigenvalue weighted by molar-refractivity contribution is 9.10. The van der Waals surface area contributed by atoms with Gasteiger partial charge in [0.1, 0.15) is 11.3 Å². The summed E-state index contributed by atoms with van der Waals surface area (Å²) in [6.45, 7) is 0.365. The number of hydrogen-bond acceptors (Lipinski definition) is 4. The largest absolute Gasteiger partial charge is 0.293 e. The molecule has 0 fully saturated rings. The second-order valence-corrected chi connectivity index (χ2v) is 5.65. The summed E-state index contributed by atoms with van der Waals surface area (Å²) in [6, 6.07) is 4.37.